The molecule has 0 unspecified atom stereocenters. The van der Waals surface area contributed by atoms with Crippen molar-refractivity contribution in [3.63, 3.8) is 0 Å². The second kappa shape index (κ2) is 7.25. The van der Waals surface area contributed by atoms with E-state index in [0.717, 1.165) is 17.8 Å². The third-order valence-electron chi connectivity index (χ3n) is 3.40. The molecule has 7 nitrogen and oxygen atoms in total. The number of H-pyrrole nitrogens is 1. The molecule has 3 rings (SSSR count). The number of aromatic amines is 1. The van der Waals surface area contributed by atoms with Crippen LogP contribution in [0.3, 0.4) is 0 Å². The molecule has 0 radical (unpaired) electrons. The first kappa shape index (κ1) is 17.4. The summed E-state index contributed by atoms with van der Waals surface area (Å²) >= 11 is 0. The lowest BCUT2D eigenvalue weighted by molar-refractivity contribution is 0.364. The predicted molar refractivity (Wildman–Crippen MR) is 92.3 cm³/mol. The van der Waals surface area contributed by atoms with E-state index < -0.39 is 21.7 Å². The number of nitriles is 1. The number of rotatable bonds is 6. The van der Waals surface area contributed by atoms with Crippen molar-refractivity contribution >= 4 is 15.8 Å². The van der Waals surface area contributed by atoms with Gasteiger partial charge in [-0.05, 0) is 11.6 Å². The third kappa shape index (κ3) is 3.81. The molecule has 26 heavy (non-hydrogen) atoms. The molecule has 132 valence electrons. The number of benzene rings is 1. The summed E-state index contributed by atoms with van der Waals surface area (Å²) in [5, 5.41) is 8.43. The average molecular weight is 372 g/mol. The summed E-state index contributed by atoms with van der Waals surface area (Å²) in [5.74, 6) is -1.35. The van der Waals surface area contributed by atoms with Gasteiger partial charge in [-0.25, -0.2) is 17.8 Å². The zero-order valence-electron chi connectivity index (χ0n) is 13.3. The lowest BCUT2D eigenvalue weighted by Crippen LogP contribution is -2.14. The molecule has 2 heterocycles. The molecule has 0 spiro atoms. The minimum Gasteiger partial charge on any atom is -0.477 e. The van der Waals surface area contributed by atoms with Crippen LogP contribution in [0.1, 0.15) is 0 Å². The molecule has 3 aromatic rings. The maximum Gasteiger partial charge on any atom is 0.264 e. The van der Waals surface area contributed by atoms with Crippen LogP contribution >= 0.6 is 0 Å². The van der Waals surface area contributed by atoms with Crippen LogP contribution in [0.5, 0.6) is 5.75 Å². The number of hydrogen-bond acceptors (Lipinski definition) is 5. The minimum atomic E-state index is -4.03. The highest BCUT2D eigenvalue weighted by Gasteiger charge is 2.19. The van der Waals surface area contributed by atoms with Crippen LogP contribution in [0.15, 0.2) is 59.8 Å². The Hall–Kier alpha value is -3.38. The number of halogens is 1. The zero-order chi connectivity index (χ0) is 18.6. The quantitative estimate of drug-likeness (QED) is 0.692. The molecule has 0 amide bonds. The van der Waals surface area contributed by atoms with E-state index >= 15 is 0 Å². The van der Waals surface area contributed by atoms with Gasteiger partial charge in [0.2, 0.25) is 0 Å². The van der Waals surface area contributed by atoms with E-state index in [-0.39, 0.29) is 17.3 Å². The number of anilines is 1. The van der Waals surface area contributed by atoms with Crippen molar-refractivity contribution in [2.45, 2.75) is 4.90 Å². The molecule has 0 fully saturated rings. The first-order chi connectivity index (χ1) is 12.5. The highest BCUT2D eigenvalue weighted by molar-refractivity contribution is 7.92. The Bertz CT molecular complexity index is 1060. The maximum atomic E-state index is 14.0. The van der Waals surface area contributed by atoms with Crippen LogP contribution in [-0.4, -0.2) is 25.0 Å². The van der Waals surface area contributed by atoms with Gasteiger partial charge in [-0.2, -0.15) is 5.26 Å². The van der Waals surface area contributed by atoms with Gasteiger partial charge in [-0.3, -0.25) is 4.72 Å². The molecule has 0 aliphatic carbocycles. The first-order valence-electron chi connectivity index (χ1n) is 7.41. The summed E-state index contributed by atoms with van der Waals surface area (Å²) in [4.78, 5) is 6.52. The third-order valence-corrected chi connectivity index (χ3v) is 4.72. The van der Waals surface area contributed by atoms with Crippen molar-refractivity contribution in [1.82, 2.24) is 9.97 Å². The number of nitrogens with one attached hydrogen (secondary N) is 2. The minimum absolute atomic E-state index is 0.0278. The molecule has 1 aromatic carbocycles. The van der Waals surface area contributed by atoms with E-state index in [1.807, 2.05) is 30.3 Å². The second-order valence-electron chi connectivity index (χ2n) is 5.17. The smallest absolute Gasteiger partial charge is 0.264 e. The number of ether oxygens (including phenoxy) is 1. The number of sulfonamides is 1. The van der Waals surface area contributed by atoms with E-state index in [0.29, 0.717) is 5.69 Å². The lowest BCUT2D eigenvalue weighted by atomic mass is 10.2. The highest BCUT2D eigenvalue weighted by Crippen LogP contribution is 2.24. The van der Waals surface area contributed by atoms with Crippen molar-refractivity contribution in [3.8, 4) is 23.1 Å². The Morgan fingerprint density at radius 1 is 1.27 bits per heavy atom. The van der Waals surface area contributed by atoms with Crippen molar-refractivity contribution in [2.75, 3.05) is 11.3 Å². The maximum absolute atomic E-state index is 14.0. The highest BCUT2D eigenvalue weighted by atomic mass is 32.2. The van der Waals surface area contributed by atoms with Crippen molar-refractivity contribution in [1.29, 1.82) is 5.26 Å². The Balaban J connectivity index is 1.82. The first-order valence-corrected chi connectivity index (χ1v) is 8.90. The molecular weight excluding hydrogens is 359 g/mol. The molecule has 0 atom stereocenters. The molecule has 2 N–H and O–H groups in total. The van der Waals surface area contributed by atoms with Crippen LogP contribution in [0.4, 0.5) is 10.2 Å². The van der Waals surface area contributed by atoms with Gasteiger partial charge in [0.15, 0.2) is 18.2 Å². The summed E-state index contributed by atoms with van der Waals surface area (Å²) in [5.41, 5.74) is 1.43. The zero-order valence-corrected chi connectivity index (χ0v) is 14.1. The molecule has 0 saturated carbocycles. The fourth-order valence-electron chi connectivity index (χ4n) is 2.19. The summed E-state index contributed by atoms with van der Waals surface area (Å²) in [6, 6.07) is 13.3. The fourth-order valence-corrected chi connectivity index (χ4v) is 3.20. The molecule has 0 aliphatic heterocycles. The second-order valence-corrected chi connectivity index (χ2v) is 6.85. The van der Waals surface area contributed by atoms with Gasteiger partial charge in [0, 0.05) is 18.0 Å². The van der Waals surface area contributed by atoms with Gasteiger partial charge in [0.1, 0.15) is 16.7 Å². The summed E-state index contributed by atoms with van der Waals surface area (Å²) < 4.78 is 45.9. The molecule has 9 heteroatoms. The number of nitrogens with zero attached hydrogens (tertiary/aromatic N) is 2. The number of hydrogen-bond donors (Lipinski definition) is 2. The van der Waals surface area contributed by atoms with Gasteiger partial charge in [-0.1, -0.05) is 30.3 Å². The van der Waals surface area contributed by atoms with Crippen molar-refractivity contribution in [3.05, 3.63) is 60.7 Å². The summed E-state index contributed by atoms with van der Waals surface area (Å²) in [7, 11) is -4.03. The Labute approximate surface area is 149 Å². The molecular formula is C17H13FN4O3S. The van der Waals surface area contributed by atoms with Gasteiger partial charge in [0.25, 0.3) is 10.0 Å². The topological polar surface area (TPSA) is 108 Å². The van der Waals surface area contributed by atoms with Crippen LogP contribution in [-0.2, 0) is 10.0 Å². The van der Waals surface area contributed by atoms with Gasteiger partial charge in [-0.15, -0.1) is 0 Å². The largest absolute Gasteiger partial charge is 0.477 e. The van der Waals surface area contributed by atoms with Crippen LogP contribution in [0.25, 0.3) is 11.3 Å². The van der Waals surface area contributed by atoms with E-state index in [1.165, 1.54) is 12.3 Å². The number of aromatic nitrogens is 2. The van der Waals surface area contributed by atoms with Crippen LogP contribution in [0.2, 0.25) is 0 Å². The Kier molecular flexibility index (Phi) is 4.86. The average Bonchev–Trinajstić information content (AvgIpc) is 3.14. The Morgan fingerprint density at radius 2 is 2.04 bits per heavy atom. The number of pyridine rings is 1. The van der Waals surface area contributed by atoms with Gasteiger partial charge in [0.05, 0.1) is 6.20 Å². The molecule has 0 aliphatic rings. The normalized spacial score (nSPS) is 10.9. The molecule has 0 saturated heterocycles. The Morgan fingerprint density at radius 3 is 2.73 bits per heavy atom. The standard InChI is InChI=1S/C17H13FN4O3S/c18-15-8-13(25-7-6-19)10-21-17(15)22-26(23,24)14-9-16(20-11-14)12-4-2-1-3-5-12/h1-5,8-11,20H,7H2,(H,21,22). The SMILES string of the molecule is N#CCOc1cnc(NS(=O)(=O)c2c[nH]c(-c3ccccc3)c2)c(F)c1. The van der Waals surface area contributed by atoms with Gasteiger partial charge >= 0.3 is 0 Å². The monoisotopic (exact) mass is 372 g/mol. The molecule has 2 aromatic heterocycles. The van der Waals surface area contributed by atoms with Gasteiger partial charge < -0.3 is 9.72 Å². The van der Waals surface area contributed by atoms with Crippen LogP contribution in [0, 0.1) is 17.1 Å². The van der Waals surface area contributed by atoms with E-state index in [1.54, 1.807) is 6.07 Å². The van der Waals surface area contributed by atoms with E-state index in [2.05, 4.69) is 14.7 Å². The predicted octanol–water partition coefficient (Wildman–Crippen LogP) is 2.92. The fraction of sp³-hybridized carbons (Fsp3) is 0.0588. The molecule has 0 bridgehead atoms. The van der Waals surface area contributed by atoms with E-state index in [4.69, 9.17) is 10.00 Å². The summed E-state index contributed by atoms with van der Waals surface area (Å²) in [6.07, 6.45) is 2.44. The van der Waals surface area contributed by atoms with Crippen LogP contribution < -0.4 is 9.46 Å². The van der Waals surface area contributed by atoms with Crippen molar-refractivity contribution in [2.24, 2.45) is 0 Å². The lowest BCUT2D eigenvalue weighted by Gasteiger charge is -2.08. The summed E-state index contributed by atoms with van der Waals surface area (Å²) in [6.45, 7) is -0.266. The van der Waals surface area contributed by atoms with Crippen molar-refractivity contribution < 1.29 is 17.5 Å². The van der Waals surface area contributed by atoms with E-state index in [9.17, 15) is 12.8 Å².